The average Bonchev–Trinajstić information content (AvgIpc) is 3.19. The summed E-state index contributed by atoms with van der Waals surface area (Å²) in [5, 5.41) is 0. The van der Waals surface area contributed by atoms with Crippen molar-refractivity contribution in [3.63, 3.8) is 0 Å². The third-order valence-corrected chi connectivity index (χ3v) is 2.91. The maximum atomic E-state index is 12.1. The molecule has 0 bridgehead atoms. The molecule has 0 N–H and O–H groups in total. The quantitative estimate of drug-likeness (QED) is 0.571. The maximum Gasteiger partial charge on any atom is 0.254 e. The van der Waals surface area contributed by atoms with Gasteiger partial charge < -0.3 is 14.4 Å². The average molecular weight is 249 g/mol. The minimum absolute atomic E-state index is 0.0463. The van der Waals surface area contributed by atoms with Gasteiger partial charge in [-0.25, -0.2) is 0 Å². The fourth-order valence-corrected chi connectivity index (χ4v) is 1.97. The number of nitrogens with zero attached hydrogens (tertiary/aromatic N) is 1. The number of ether oxygens (including phenoxy) is 2. The highest BCUT2D eigenvalue weighted by molar-refractivity contribution is 5.96. The van der Waals surface area contributed by atoms with Gasteiger partial charge in [-0.3, -0.25) is 4.79 Å². The summed E-state index contributed by atoms with van der Waals surface area (Å²) < 4.78 is 11.0. The Labute approximate surface area is 107 Å². The third kappa shape index (κ3) is 2.89. The predicted molar refractivity (Wildman–Crippen MR) is 68.3 cm³/mol. The van der Waals surface area contributed by atoms with Gasteiger partial charge >= 0.3 is 0 Å². The first kappa shape index (κ1) is 13.1. The molecule has 0 radical (unpaired) electrons. The second-order valence-corrected chi connectivity index (χ2v) is 4.17. The van der Waals surface area contributed by atoms with Crippen LogP contribution in [0.1, 0.15) is 24.2 Å². The number of carbonyl (C=O) groups is 1. The Hall–Kier alpha value is -1.39. The molecule has 1 unspecified atom stereocenters. The largest absolute Gasteiger partial charge is 0.351 e. The Morgan fingerprint density at radius 1 is 1.28 bits per heavy atom. The van der Waals surface area contributed by atoms with E-state index in [1.807, 2.05) is 44.2 Å². The van der Waals surface area contributed by atoms with Crippen LogP contribution >= 0.6 is 0 Å². The van der Waals surface area contributed by atoms with Crippen molar-refractivity contribution >= 4 is 5.91 Å². The summed E-state index contributed by atoms with van der Waals surface area (Å²) in [6.45, 7) is 5.75. The molecule has 1 saturated heterocycles. The second-order valence-electron chi connectivity index (χ2n) is 4.17. The molecular weight excluding hydrogens is 230 g/mol. The van der Waals surface area contributed by atoms with Crippen molar-refractivity contribution in [2.45, 2.75) is 26.2 Å². The van der Waals surface area contributed by atoms with Gasteiger partial charge in [-0.1, -0.05) is 18.2 Å². The number of rotatable bonds is 6. The van der Waals surface area contributed by atoms with Crippen molar-refractivity contribution in [3.8, 4) is 0 Å². The Morgan fingerprint density at radius 2 is 1.89 bits per heavy atom. The minimum atomic E-state index is -0.298. The number of amides is 1. The number of hydrogen-bond acceptors (Lipinski definition) is 3. The van der Waals surface area contributed by atoms with Crippen LogP contribution in [0.4, 0.5) is 0 Å². The van der Waals surface area contributed by atoms with E-state index in [2.05, 4.69) is 0 Å². The molecule has 98 valence electrons. The molecule has 0 saturated carbocycles. The molecule has 4 nitrogen and oxygen atoms in total. The van der Waals surface area contributed by atoms with E-state index < -0.39 is 0 Å². The summed E-state index contributed by atoms with van der Waals surface area (Å²) in [5.41, 5.74) is 0.715. The van der Waals surface area contributed by atoms with Crippen LogP contribution in [0.2, 0.25) is 0 Å². The van der Waals surface area contributed by atoms with E-state index in [1.165, 1.54) is 0 Å². The van der Waals surface area contributed by atoms with E-state index in [0.717, 1.165) is 0 Å². The van der Waals surface area contributed by atoms with Gasteiger partial charge in [0.15, 0.2) is 6.29 Å². The van der Waals surface area contributed by atoms with E-state index in [1.54, 1.807) is 4.90 Å². The van der Waals surface area contributed by atoms with Crippen molar-refractivity contribution in [2.24, 2.45) is 0 Å². The molecule has 1 aromatic rings. The first-order chi connectivity index (χ1) is 8.77. The maximum absolute atomic E-state index is 12.1. The van der Waals surface area contributed by atoms with Crippen molar-refractivity contribution < 1.29 is 14.3 Å². The van der Waals surface area contributed by atoms with Crippen LogP contribution in [-0.4, -0.2) is 42.9 Å². The Balaban J connectivity index is 1.95. The van der Waals surface area contributed by atoms with Gasteiger partial charge in [-0.2, -0.15) is 0 Å². The standard InChI is InChI=1S/C14H19NO3/c1-3-17-14(18-4-2)12-10-15(12)13(16)11-8-6-5-7-9-11/h5-9,12,14H,3-4,10H2,1-2H3. The normalized spacial score (nSPS) is 18.2. The summed E-state index contributed by atoms with van der Waals surface area (Å²) in [5.74, 6) is 0.0463. The fourth-order valence-electron chi connectivity index (χ4n) is 1.97. The van der Waals surface area contributed by atoms with Crippen LogP contribution in [0.25, 0.3) is 0 Å². The molecule has 4 heteroatoms. The van der Waals surface area contributed by atoms with E-state index in [0.29, 0.717) is 25.3 Å². The van der Waals surface area contributed by atoms with E-state index in [-0.39, 0.29) is 18.2 Å². The lowest BCUT2D eigenvalue weighted by Gasteiger charge is -2.16. The molecule has 1 aliphatic heterocycles. The molecule has 2 rings (SSSR count). The van der Waals surface area contributed by atoms with Crippen molar-refractivity contribution in [2.75, 3.05) is 19.8 Å². The SMILES string of the molecule is CCOC(OCC)C1CN1C(=O)c1ccccc1. The van der Waals surface area contributed by atoms with Crippen LogP contribution in [0.5, 0.6) is 0 Å². The molecule has 1 fully saturated rings. The van der Waals surface area contributed by atoms with Gasteiger partial charge in [-0.15, -0.1) is 0 Å². The van der Waals surface area contributed by atoms with Crippen molar-refractivity contribution in [3.05, 3.63) is 35.9 Å². The highest BCUT2D eigenvalue weighted by atomic mass is 16.7. The van der Waals surface area contributed by atoms with Crippen molar-refractivity contribution in [1.29, 1.82) is 0 Å². The monoisotopic (exact) mass is 249 g/mol. The van der Waals surface area contributed by atoms with Crippen LogP contribution in [-0.2, 0) is 9.47 Å². The smallest absolute Gasteiger partial charge is 0.254 e. The summed E-state index contributed by atoms with van der Waals surface area (Å²) in [4.78, 5) is 13.9. The highest BCUT2D eigenvalue weighted by Gasteiger charge is 2.45. The zero-order chi connectivity index (χ0) is 13.0. The molecule has 0 spiro atoms. The number of benzene rings is 1. The van der Waals surface area contributed by atoms with Crippen molar-refractivity contribution in [1.82, 2.24) is 4.90 Å². The highest BCUT2D eigenvalue weighted by Crippen LogP contribution is 2.26. The molecule has 1 heterocycles. The van der Waals surface area contributed by atoms with Crippen LogP contribution in [0, 0.1) is 0 Å². The zero-order valence-electron chi connectivity index (χ0n) is 10.8. The van der Waals surface area contributed by atoms with Crippen LogP contribution < -0.4 is 0 Å². The minimum Gasteiger partial charge on any atom is -0.351 e. The summed E-state index contributed by atoms with van der Waals surface area (Å²) >= 11 is 0. The van der Waals surface area contributed by atoms with Gasteiger partial charge in [0.25, 0.3) is 5.91 Å². The molecule has 1 aromatic carbocycles. The molecular formula is C14H19NO3. The molecule has 18 heavy (non-hydrogen) atoms. The van der Waals surface area contributed by atoms with Gasteiger partial charge in [-0.05, 0) is 26.0 Å². The number of hydrogen-bond donors (Lipinski definition) is 0. The van der Waals surface area contributed by atoms with E-state index in [9.17, 15) is 4.79 Å². The Bertz CT molecular complexity index is 387. The lowest BCUT2D eigenvalue weighted by atomic mass is 10.2. The lowest BCUT2D eigenvalue weighted by molar-refractivity contribution is -0.139. The second kappa shape index (κ2) is 5.98. The fraction of sp³-hybridized carbons (Fsp3) is 0.500. The molecule has 0 aliphatic carbocycles. The number of carbonyl (C=O) groups excluding carboxylic acids is 1. The summed E-state index contributed by atoms with van der Waals surface area (Å²) in [7, 11) is 0. The van der Waals surface area contributed by atoms with Gasteiger partial charge in [0.1, 0.15) is 6.04 Å². The first-order valence-electron chi connectivity index (χ1n) is 6.37. The third-order valence-electron chi connectivity index (χ3n) is 2.91. The molecule has 0 aromatic heterocycles. The van der Waals surface area contributed by atoms with Gasteiger partial charge in [0, 0.05) is 25.3 Å². The Kier molecular flexibility index (Phi) is 4.33. The molecule has 1 amide bonds. The van der Waals surface area contributed by atoms with E-state index >= 15 is 0 Å². The summed E-state index contributed by atoms with van der Waals surface area (Å²) in [6.07, 6.45) is -0.298. The first-order valence-corrected chi connectivity index (χ1v) is 6.37. The lowest BCUT2D eigenvalue weighted by Crippen LogP contribution is -2.28. The topological polar surface area (TPSA) is 38.5 Å². The zero-order valence-corrected chi connectivity index (χ0v) is 10.8. The predicted octanol–water partition coefficient (Wildman–Crippen LogP) is 1.91. The van der Waals surface area contributed by atoms with Gasteiger partial charge in [0.05, 0.1) is 0 Å². The molecule has 1 atom stereocenters. The molecule has 1 aliphatic rings. The van der Waals surface area contributed by atoms with E-state index in [4.69, 9.17) is 9.47 Å². The summed E-state index contributed by atoms with van der Waals surface area (Å²) in [6, 6.07) is 9.35. The van der Waals surface area contributed by atoms with Crippen LogP contribution in [0.3, 0.4) is 0 Å². The Morgan fingerprint density at radius 3 is 2.44 bits per heavy atom. The van der Waals surface area contributed by atoms with Crippen LogP contribution in [0.15, 0.2) is 30.3 Å². The van der Waals surface area contributed by atoms with Gasteiger partial charge in [0.2, 0.25) is 0 Å².